The molecule has 4 rings (SSSR count). The molecular formula is C24H26FN3O2. The Morgan fingerprint density at radius 1 is 1.13 bits per heavy atom. The fourth-order valence-electron chi connectivity index (χ4n) is 4.02. The van der Waals surface area contributed by atoms with Crippen LogP contribution in [0.2, 0.25) is 0 Å². The third kappa shape index (κ3) is 4.60. The molecule has 1 aliphatic heterocycles. The summed E-state index contributed by atoms with van der Waals surface area (Å²) in [6.07, 6.45) is 3.87. The summed E-state index contributed by atoms with van der Waals surface area (Å²) in [5.74, 6) is 0.664. The molecule has 0 N–H and O–H groups in total. The Morgan fingerprint density at radius 2 is 1.93 bits per heavy atom. The van der Waals surface area contributed by atoms with Gasteiger partial charge in [0.2, 0.25) is 0 Å². The van der Waals surface area contributed by atoms with Gasteiger partial charge < -0.3 is 9.32 Å². The summed E-state index contributed by atoms with van der Waals surface area (Å²) in [6, 6.07) is 16.1. The molecule has 1 aliphatic rings. The Bertz CT molecular complexity index is 982. The van der Waals surface area contributed by atoms with Gasteiger partial charge in [-0.2, -0.15) is 0 Å². The average Bonchev–Trinajstić information content (AvgIpc) is 3.29. The van der Waals surface area contributed by atoms with Crippen molar-refractivity contribution in [1.29, 1.82) is 0 Å². The van der Waals surface area contributed by atoms with Crippen molar-refractivity contribution in [1.82, 2.24) is 9.88 Å². The summed E-state index contributed by atoms with van der Waals surface area (Å²) in [5, 5.41) is 0. The lowest BCUT2D eigenvalue weighted by Gasteiger charge is -2.37. The first kappa shape index (κ1) is 20.3. The van der Waals surface area contributed by atoms with E-state index in [4.69, 9.17) is 4.42 Å². The fourth-order valence-corrected chi connectivity index (χ4v) is 4.02. The largest absolute Gasteiger partial charge is 0.459 e. The van der Waals surface area contributed by atoms with Gasteiger partial charge in [0.05, 0.1) is 6.26 Å². The lowest BCUT2D eigenvalue weighted by Crippen LogP contribution is -2.48. The van der Waals surface area contributed by atoms with Crippen LogP contribution in [0.25, 0.3) is 0 Å². The van der Waals surface area contributed by atoms with E-state index >= 15 is 0 Å². The number of carbonyl (C=O) groups excluding carboxylic acids is 1. The van der Waals surface area contributed by atoms with Gasteiger partial charge in [-0.1, -0.05) is 24.3 Å². The Morgan fingerprint density at radius 3 is 2.63 bits per heavy atom. The van der Waals surface area contributed by atoms with Gasteiger partial charge in [-0.15, -0.1) is 0 Å². The quantitative estimate of drug-likeness (QED) is 0.605. The molecule has 2 aromatic heterocycles. The number of amides is 1. The molecule has 156 valence electrons. The number of furan rings is 1. The molecule has 30 heavy (non-hydrogen) atoms. The van der Waals surface area contributed by atoms with Crippen LogP contribution in [0.5, 0.6) is 0 Å². The molecule has 6 heteroatoms. The second kappa shape index (κ2) is 9.22. The molecular weight excluding hydrogens is 381 g/mol. The average molecular weight is 407 g/mol. The summed E-state index contributed by atoms with van der Waals surface area (Å²) in [6.45, 7) is 4.44. The number of anilines is 1. The van der Waals surface area contributed by atoms with Gasteiger partial charge in [0.25, 0.3) is 5.91 Å². The van der Waals surface area contributed by atoms with Gasteiger partial charge in [0.15, 0.2) is 5.76 Å². The smallest absolute Gasteiger partial charge is 0.295 e. The number of hydrogen-bond acceptors (Lipinski definition) is 4. The van der Waals surface area contributed by atoms with E-state index in [-0.39, 0.29) is 17.8 Å². The summed E-state index contributed by atoms with van der Waals surface area (Å²) in [7, 11) is 0. The van der Waals surface area contributed by atoms with Crippen molar-refractivity contribution >= 4 is 11.7 Å². The number of nitrogens with zero attached hydrogens (tertiary/aromatic N) is 3. The summed E-state index contributed by atoms with van der Waals surface area (Å²) in [4.78, 5) is 21.9. The minimum Gasteiger partial charge on any atom is -0.459 e. The number of rotatable bonds is 6. The topological polar surface area (TPSA) is 49.6 Å². The van der Waals surface area contributed by atoms with E-state index in [1.54, 1.807) is 23.1 Å². The molecule has 5 nitrogen and oxygen atoms in total. The number of aryl methyl sites for hydroxylation is 1. The number of carbonyl (C=O) groups is 1. The Labute approximate surface area is 176 Å². The third-order valence-corrected chi connectivity index (χ3v) is 5.65. The van der Waals surface area contributed by atoms with E-state index in [2.05, 4.69) is 9.88 Å². The first-order valence-corrected chi connectivity index (χ1v) is 10.4. The highest BCUT2D eigenvalue weighted by atomic mass is 19.1. The Hall–Kier alpha value is -2.99. The molecule has 0 saturated carbocycles. The Kier molecular flexibility index (Phi) is 6.23. The standard InChI is InChI=1S/C24H26FN3O2/c1-18-6-4-10-23(26-18)28(24(29)22-9-5-17-30-22)20-12-15-27(16-13-20)14-11-19-7-2-3-8-21(19)25/h2-10,17,20H,11-16H2,1H3. The highest BCUT2D eigenvalue weighted by molar-refractivity contribution is 6.04. The van der Waals surface area contributed by atoms with Crippen molar-refractivity contribution in [3.63, 3.8) is 0 Å². The van der Waals surface area contributed by atoms with Gasteiger partial charge >= 0.3 is 0 Å². The van der Waals surface area contributed by atoms with E-state index in [9.17, 15) is 9.18 Å². The van der Waals surface area contributed by atoms with Crippen LogP contribution in [0, 0.1) is 12.7 Å². The van der Waals surface area contributed by atoms with Crippen LogP contribution in [0.4, 0.5) is 10.2 Å². The molecule has 3 aromatic rings. The summed E-state index contributed by atoms with van der Waals surface area (Å²) < 4.78 is 19.3. The third-order valence-electron chi connectivity index (χ3n) is 5.65. The maximum absolute atomic E-state index is 13.9. The molecule has 1 fully saturated rings. The highest BCUT2D eigenvalue weighted by Gasteiger charge is 2.31. The number of aromatic nitrogens is 1. The van der Waals surface area contributed by atoms with E-state index in [1.807, 2.05) is 37.3 Å². The van der Waals surface area contributed by atoms with Crippen molar-refractivity contribution in [3.05, 3.63) is 83.7 Å². The molecule has 0 spiro atoms. The molecule has 1 aromatic carbocycles. The first-order chi connectivity index (χ1) is 14.6. The van der Waals surface area contributed by atoms with Gasteiger partial charge in [0, 0.05) is 31.4 Å². The number of hydrogen-bond donors (Lipinski definition) is 0. The van der Waals surface area contributed by atoms with Gasteiger partial charge in [-0.25, -0.2) is 9.37 Å². The van der Waals surface area contributed by atoms with E-state index in [1.165, 1.54) is 12.3 Å². The Balaban J connectivity index is 1.44. The number of benzene rings is 1. The normalized spacial score (nSPS) is 15.3. The molecule has 1 amide bonds. The van der Waals surface area contributed by atoms with Crippen LogP contribution in [0.3, 0.4) is 0 Å². The van der Waals surface area contributed by atoms with Crippen molar-refractivity contribution < 1.29 is 13.6 Å². The predicted molar refractivity (Wildman–Crippen MR) is 114 cm³/mol. The van der Waals surface area contributed by atoms with E-state index in [0.29, 0.717) is 18.0 Å². The zero-order chi connectivity index (χ0) is 20.9. The van der Waals surface area contributed by atoms with Gasteiger partial charge in [0.1, 0.15) is 11.6 Å². The maximum atomic E-state index is 13.9. The van der Waals surface area contributed by atoms with Crippen LogP contribution < -0.4 is 4.90 Å². The zero-order valence-corrected chi connectivity index (χ0v) is 17.1. The SMILES string of the molecule is Cc1cccc(N(C(=O)c2ccco2)C2CCN(CCc3ccccc3F)CC2)n1. The summed E-state index contributed by atoms with van der Waals surface area (Å²) >= 11 is 0. The molecule has 3 heterocycles. The number of pyridine rings is 1. The monoisotopic (exact) mass is 407 g/mol. The lowest BCUT2D eigenvalue weighted by atomic mass is 10.0. The van der Waals surface area contributed by atoms with Crippen molar-refractivity contribution in [2.75, 3.05) is 24.5 Å². The second-order valence-electron chi connectivity index (χ2n) is 7.70. The molecule has 0 aliphatic carbocycles. The highest BCUT2D eigenvalue weighted by Crippen LogP contribution is 2.25. The molecule has 1 saturated heterocycles. The maximum Gasteiger partial charge on any atom is 0.295 e. The molecule has 0 radical (unpaired) electrons. The van der Waals surface area contributed by atoms with Crippen LogP contribution in [-0.4, -0.2) is 41.5 Å². The fraction of sp³-hybridized carbons (Fsp3) is 0.333. The second-order valence-corrected chi connectivity index (χ2v) is 7.70. The van der Waals surface area contributed by atoms with Crippen molar-refractivity contribution in [2.24, 2.45) is 0 Å². The van der Waals surface area contributed by atoms with Crippen LogP contribution in [0.15, 0.2) is 65.3 Å². The minimum absolute atomic E-state index is 0.0432. The van der Waals surface area contributed by atoms with Crippen LogP contribution in [-0.2, 0) is 6.42 Å². The zero-order valence-electron chi connectivity index (χ0n) is 17.1. The predicted octanol–water partition coefficient (Wildman–Crippen LogP) is 4.48. The van der Waals surface area contributed by atoms with Crippen LogP contribution >= 0.6 is 0 Å². The van der Waals surface area contributed by atoms with Gasteiger partial charge in [-0.05, 0) is 62.1 Å². The number of likely N-dealkylation sites (tertiary alicyclic amines) is 1. The number of piperidine rings is 1. The van der Waals surface area contributed by atoms with E-state index in [0.717, 1.165) is 43.7 Å². The van der Waals surface area contributed by atoms with E-state index < -0.39 is 0 Å². The first-order valence-electron chi connectivity index (χ1n) is 10.4. The summed E-state index contributed by atoms with van der Waals surface area (Å²) in [5.41, 5.74) is 1.62. The van der Waals surface area contributed by atoms with Gasteiger partial charge in [-0.3, -0.25) is 9.69 Å². The van der Waals surface area contributed by atoms with Crippen LogP contribution in [0.1, 0.15) is 34.7 Å². The molecule has 0 unspecified atom stereocenters. The van der Waals surface area contributed by atoms with Crippen molar-refractivity contribution in [2.45, 2.75) is 32.2 Å². The minimum atomic E-state index is -0.164. The lowest BCUT2D eigenvalue weighted by molar-refractivity contribution is 0.0932. The molecule has 0 atom stereocenters. The molecule has 0 bridgehead atoms. The van der Waals surface area contributed by atoms with Crippen molar-refractivity contribution in [3.8, 4) is 0 Å². The number of halogens is 1.